The van der Waals surface area contributed by atoms with E-state index in [-0.39, 0.29) is 0 Å². The van der Waals surface area contributed by atoms with Gasteiger partial charge in [-0.25, -0.2) is 0 Å². The summed E-state index contributed by atoms with van der Waals surface area (Å²) in [5.74, 6) is 0.863. The number of thiocarbonyl (C=S) groups is 1. The number of ether oxygens (including phenoxy) is 1. The van der Waals surface area contributed by atoms with Crippen molar-refractivity contribution in [2.75, 3.05) is 21.2 Å². The number of hydrogen-bond acceptors (Lipinski definition) is 3. The van der Waals surface area contributed by atoms with Gasteiger partial charge in [-0.05, 0) is 12.1 Å². The highest BCUT2D eigenvalue weighted by molar-refractivity contribution is 8.22. The molecular weight excluding hydrogens is 252 g/mol. The van der Waals surface area contributed by atoms with Crippen LogP contribution in [0, 0.1) is 0 Å². The predicted octanol–water partition coefficient (Wildman–Crippen LogP) is 2.99. The van der Waals surface area contributed by atoms with Crippen LogP contribution in [0.4, 0.5) is 0 Å². The molecule has 17 heavy (non-hydrogen) atoms. The number of rotatable bonds is 2. The van der Waals surface area contributed by atoms with Gasteiger partial charge < -0.3 is 9.64 Å². The molecule has 0 saturated carbocycles. The van der Waals surface area contributed by atoms with Gasteiger partial charge in [0.2, 0.25) is 0 Å². The van der Waals surface area contributed by atoms with Crippen molar-refractivity contribution in [2.24, 2.45) is 0 Å². The summed E-state index contributed by atoms with van der Waals surface area (Å²) in [4.78, 5) is 1.92. The van der Waals surface area contributed by atoms with Crippen molar-refractivity contribution in [3.63, 3.8) is 0 Å². The van der Waals surface area contributed by atoms with E-state index in [0.717, 1.165) is 21.0 Å². The van der Waals surface area contributed by atoms with E-state index in [2.05, 4.69) is 12.1 Å². The first-order valence-corrected chi connectivity index (χ1v) is 6.35. The Bertz CT molecular complexity index is 548. The third-order valence-corrected chi connectivity index (χ3v) is 4.01. The Labute approximate surface area is 110 Å². The molecule has 0 bridgehead atoms. The van der Waals surface area contributed by atoms with E-state index in [0.29, 0.717) is 0 Å². The Morgan fingerprint density at radius 2 is 2.12 bits per heavy atom. The van der Waals surface area contributed by atoms with Gasteiger partial charge in [0.25, 0.3) is 0 Å². The van der Waals surface area contributed by atoms with Gasteiger partial charge in [0.15, 0.2) is 4.32 Å². The lowest BCUT2D eigenvalue weighted by Crippen LogP contribution is -2.17. The quantitative estimate of drug-likeness (QED) is 0.777. The summed E-state index contributed by atoms with van der Waals surface area (Å²) in [5.41, 5.74) is 1.06. The second-order valence-electron chi connectivity index (χ2n) is 3.79. The highest BCUT2D eigenvalue weighted by atomic mass is 32.2. The zero-order valence-corrected chi connectivity index (χ0v) is 11.6. The van der Waals surface area contributed by atoms with Gasteiger partial charge in [0, 0.05) is 37.6 Å². The van der Waals surface area contributed by atoms with Gasteiger partial charge >= 0.3 is 0 Å². The molecule has 0 spiro atoms. The number of nitrogens with zero attached hydrogens (tertiary/aromatic N) is 2. The molecule has 0 aliphatic heterocycles. The molecule has 1 aromatic carbocycles. The van der Waals surface area contributed by atoms with Gasteiger partial charge in [-0.1, -0.05) is 24.4 Å². The SMILES string of the molecule is COc1cccc2ccn(SC(=S)N(C)C)c12. The Morgan fingerprint density at radius 3 is 2.76 bits per heavy atom. The zero-order chi connectivity index (χ0) is 12.4. The van der Waals surface area contributed by atoms with E-state index >= 15 is 0 Å². The van der Waals surface area contributed by atoms with Crippen molar-refractivity contribution in [2.45, 2.75) is 0 Å². The molecular formula is C12H14N2OS2. The largest absolute Gasteiger partial charge is 0.495 e. The van der Waals surface area contributed by atoms with E-state index in [1.54, 1.807) is 7.11 Å². The molecule has 1 aromatic heterocycles. The number of fused-ring (bicyclic) bond motifs is 1. The van der Waals surface area contributed by atoms with Crippen LogP contribution in [-0.4, -0.2) is 34.4 Å². The van der Waals surface area contributed by atoms with Crippen LogP contribution in [0.15, 0.2) is 30.5 Å². The molecule has 3 nitrogen and oxygen atoms in total. The molecule has 90 valence electrons. The fraction of sp³-hybridized carbons (Fsp3) is 0.250. The summed E-state index contributed by atoms with van der Waals surface area (Å²) in [6.07, 6.45) is 2.01. The number of hydrogen-bond donors (Lipinski definition) is 0. The van der Waals surface area contributed by atoms with Crippen LogP contribution in [0.2, 0.25) is 0 Å². The lowest BCUT2D eigenvalue weighted by atomic mass is 10.2. The van der Waals surface area contributed by atoms with Crippen molar-refractivity contribution in [1.82, 2.24) is 8.87 Å². The third-order valence-electron chi connectivity index (χ3n) is 2.40. The summed E-state index contributed by atoms with van der Waals surface area (Å²) in [5, 5.41) is 1.15. The molecule has 0 amide bonds. The number of para-hydroxylation sites is 1. The maximum Gasteiger partial charge on any atom is 0.156 e. The van der Waals surface area contributed by atoms with Crippen molar-refractivity contribution < 1.29 is 4.74 Å². The van der Waals surface area contributed by atoms with Crippen LogP contribution in [0.5, 0.6) is 5.75 Å². The molecule has 0 fully saturated rings. The number of methoxy groups -OCH3 is 1. The molecule has 0 unspecified atom stereocenters. The lowest BCUT2D eigenvalue weighted by molar-refractivity contribution is 0.419. The fourth-order valence-corrected chi connectivity index (χ4v) is 2.52. The minimum absolute atomic E-state index is 0.813. The molecule has 0 aliphatic rings. The van der Waals surface area contributed by atoms with Gasteiger partial charge in [-0.3, -0.25) is 3.97 Å². The Kier molecular flexibility index (Phi) is 3.59. The molecule has 0 N–H and O–H groups in total. The van der Waals surface area contributed by atoms with E-state index in [1.807, 2.05) is 41.3 Å². The Morgan fingerprint density at radius 1 is 1.35 bits per heavy atom. The maximum atomic E-state index is 5.38. The fourth-order valence-electron chi connectivity index (χ4n) is 1.54. The van der Waals surface area contributed by atoms with E-state index in [1.165, 1.54) is 11.9 Å². The smallest absolute Gasteiger partial charge is 0.156 e. The molecule has 1 heterocycles. The van der Waals surface area contributed by atoms with E-state index in [4.69, 9.17) is 17.0 Å². The van der Waals surface area contributed by atoms with Gasteiger partial charge in [0.05, 0.1) is 7.11 Å². The summed E-state index contributed by atoms with van der Waals surface area (Å²) < 4.78 is 8.23. The topological polar surface area (TPSA) is 17.4 Å². The molecule has 0 saturated heterocycles. The zero-order valence-electron chi connectivity index (χ0n) is 10.0. The summed E-state index contributed by atoms with van der Waals surface area (Å²) in [7, 11) is 5.57. The van der Waals surface area contributed by atoms with Crippen LogP contribution in [0.3, 0.4) is 0 Å². The van der Waals surface area contributed by atoms with Crippen LogP contribution in [0.25, 0.3) is 10.9 Å². The van der Waals surface area contributed by atoms with Crippen LogP contribution < -0.4 is 4.74 Å². The normalized spacial score (nSPS) is 10.5. The van der Waals surface area contributed by atoms with Gasteiger partial charge in [-0.2, -0.15) is 0 Å². The minimum Gasteiger partial charge on any atom is -0.495 e. The summed E-state index contributed by atoms with van der Waals surface area (Å²) in [6.45, 7) is 0. The molecule has 0 radical (unpaired) electrons. The average molecular weight is 266 g/mol. The predicted molar refractivity (Wildman–Crippen MR) is 77.8 cm³/mol. The second-order valence-corrected chi connectivity index (χ2v) is 5.40. The average Bonchev–Trinajstić information content (AvgIpc) is 2.72. The minimum atomic E-state index is 0.813. The van der Waals surface area contributed by atoms with Crippen molar-refractivity contribution in [1.29, 1.82) is 0 Å². The number of aromatic nitrogens is 1. The number of benzene rings is 1. The van der Waals surface area contributed by atoms with Crippen molar-refractivity contribution in [3.8, 4) is 5.75 Å². The first-order chi connectivity index (χ1) is 8.13. The molecule has 5 heteroatoms. The van der Waals surface area contributed by atoms with Crippen molar-refractivity contribution >= 4 is 39.4 Å². The molecule has 0 aliphatic carbocycles. The summed E-state index contributed by atoms with van der Waals surface area (Å²) in [6, 6.07) is 8.06. The first-order valence-electron chi connectivity index (χ1n) is 5.17. The van der Waals surface area contributed by atoms with Crippen LogP contribution in [-0.2, 0) is 0 Å². The maximum absolute atomic E-state index is 5.38. The van der Waals surface area contributed by atoms with E-state index < -0.39 is 0 Å². The van der Waals surface area contributed by atoms with Crippen LogP contribution >= 0.6 is 24.2 Å². The Balaban J connectivity index is 2.44. The highest BCUT2D eigenvalue weighted by Gasteiger charge is 2.09. The van der Waals surface area contributed by atoms with Gasteiger partial charge in [0.1, 0.15) is 11.3 Å². The third kappa shape index (κ3) is 2.40. The molecule has 2 aromatic rings. The second kappa shape index (κ2) is 4.98. The summed E-state index contributed by atoms with van der Waals surface area (Å²) >= 11 is 6.81. The van der Waals surface area contributed by atoms with Crippen LogP contribution in [0.1, 0.15) is 0 Å². The lowest BCUT2D eigenvalue weighted by Gasteiger charge is -2.14. The van der Waals surface area contributed by atoms with Crippen molar-refractivity contribution in [3.05, 3.63) is 30.5 Å². The monoisotopic (exact) mass is 266 g/mol. The highest BCUT2D eigenvalue weighted by Crippen LogP contribution is 2.30. The van der Waals surface area contributed by atoms with Gasteiger partial charge in [-0.15, -0.1) is 0 Å². The first kappa shape index (κ1) is 12.3. The standard InChI is InChI=1S/C12H14N2OS2/c1-13(2)12(16)17-14-8-7-9-5-4-6-10(15-3)11(9)14/h4-8H,1-3H3. The Hall–Kier alpha value is -1.20. The molecule has 0 atom stereocenters. The molecule has 2 rings (SSSR count). The van der Waals surface area contributed by atoms with E-state index in [9.17, 15) is 0 Å².